The van der Waals surface area contributed by atoms with Gasteiger partial charge < -0.3 is 14.8 Å². The number of aromatic nitrogens is 1. The summed E-state index contributed by atoms with van der Waals surface area (Å²) in [6.07, 6.45) is -1.56. The molecule has 7 nitrogen and oxygen atoms in total. The lowest BCUT2D eigenvalue weighted by Gasteiger charge is -2.12. The molecule has 0 saturated carbocycles. The number of pyridine rings is 1. The quantitative estimate of drug-likeness (QED) is 0.504. The predicted molar refractivity (Wildman–Crippen MR) is 106 cm³/mol. The standard InChI is InChI=1S/C19H25F2N3O4S/c1-3-10-22-11-12-27-19-9-8-17(14(2)23-19)24-29(25,26)16-6-4-15(5-7-16)28-13-18(20)21/h4-9,18,22,24H,3,10-13H2,1-2H3. The molecule has 1 aromatic carbocycles. The van der Waals surface area contributed by atoms with Crippen LogP contribution in [0, 0.1) is 6.92 Å². The highest BCUT2D eigenvalue weighted by molar-refractivity contribution is 7.92. The van der Waals surface area contributed by atoms with Crippen LogP contribution in [0.4, 0.5) is 14.5 Å². The number of anilines is 1. The molecular formula is C19H25F2N3O4S. The molecule has 0 spiro atoms. The van der Waals surface area contributed by atoms with E-state index >= 15 is 0 Å². The van der Waals surface area contributed by atoms with E-state index in [1.807, 2.05) is 0 Å². The van der Waals surface area contributed by atoms with Crippen LogP contribution in [0.2, 0.25) is 0 Å². The molecular weight excluding hydrogens is 404 g/mol. The number of halogens is 2. The van der Waals surface area contributed by atoms with Gasteiger partial charge in [-0.15, -0.1) is 0 Å². The van der Waals surface area contributed by atoms with Crippen LogP contribution < -0.4 is 19.5 Å². The third-order valence-electron chi connectivity index (χ3n) is 3.77. The first-order valence-electron chi connectivity index (χ1n) is 9.17. The van der Waals surface area contributed by atoms with Crippen LogP contribution in [0.25, 0.3) is 0 Å². The predicted octanol–water partition coefficient (Wildman–Crippen LogP) is 3.21. The van der Waals surface area contributed by atoms with Crippen molar-refractivity contribution in [2.24, 2.45) is 0 Å². The fourth-order valence-electron chi connectivity index (χ4n) is 2.33. The summed E-state index contributed by atoms with van der Waals surface area (Å²) in [5.74, 6) is 0.571. The molecule has 1 heterocycles. The number of hydrogen-bond donors (Lipinski definition) is 2. The molecule has 0 aliphatic rings. The summed E-state index contributed by atoms with van der Waals surface area (Å²) in [6.45, 7) is 5.06. The van der Waals surface area contributed by atoms with Crippen molar-refractivity contribution in [2.75, 3.05) is 31.0 Å². The van der Waals surface area contributed by atoms with Gasteiger partial charge in [0.1, 0.15) is 19.0 Å². The van der Waals surface area contributed by atoms with Crippen molar-refractivity contribution in [3.05, 3.63) is 42.1 Å². The van der Waals surface area contributed by atoms with E-state index in [4.69, 9.17) is 9.47 Å². The van der Waals surface area contributed by atoms with E-state index in [2.05, 4.69) is 21.9 Å². The Morgan fingerprint density at radius 2 is 1.79 bits per heavy atom. The number of rotatable bonds is 12. The van der Waals surface area contributed by atoms with Crippen molar-refractivity contribution in [1.82, 2.24) is 10.3 Å². The summed E-state index contributed by atoms with van der Waals surface area (Å²) < 4.78 is 62.3. The molecule has 2 rings (SSSR count). The van der Waals surface area contributed by atoms with Crippen molar-refractivity contribution in [3.63, 3.8) is 0 Å². The van der Waals surface area contributed by atoms with E-state index in [1.54, 1.807) is 19.1 Å². The molecule has 0 unspecified atom stereocenters. The van der Waals surface area contributed by atoms with Crippen LogP contribution in [-0.2, 0) is 10.0 Å². The fourth-order valence-corrected chi connectivity index (χ4v) is 3.45. The zero-order chi connectivity index (χ0) is 21.3. The Hall–Kier alpha value is -2.46. The van der Waals surface area contributed by atoms with Crippen molar-refractivity contribution in [2.45, 2.75) is 31.6 Å². The molecule has 0 radical (unpaired) electrons. The Morgan fingerprint density at radius 1 is 1.07 bits per heavy atom. The van der Waals surface area contributed by atoms with Crippen molar-refractivity contribution in [3.8, 4) is 11.6 Å². The minimum atomic E-state index is -3.87. The van der Waals surface area contributed by atoms with E-state index in [0.717, 1.165) is 13.0 Å². The maximum absolute atomic E-state index is 12.5. The van der Waals surface area contributed by atoms with Gasteiger partial charge >= 0.3 is 0 Å². The lowest BCUT2D eigenvalue weighted by molar-refractivity contribution is 0.0819. The van der Waals surface area contributed by atoms with Crippen molar-refractivity contribution < 1.29 is 26.7 Å². The van der Waals surface area contributed by atoms with Gasteiger partial charge in [0, 0.05) is 12.6 Å². The first-order chi connectivity index (χ1) is 13.8. The zero-order valence-corrected chi connectivity index (χ0v) is 17.1. The molecule has 2 aromatic rings. The Morgan fingerprint density at radius 3 is 2.41 bits per heavy atom. The van der Waals surface area contributed by atoms with Crippen LogP contribution in [-0.4, -0.2) is 46.1 Å². The lowest BCUT2D eigenvalue weighted by Crippen LogP contribution is -2.21. The van der Waals surface area contributed by atoms with E-state index in [0.29, 0.717) is 30.4 Å². The summed E-state index contributed by atoms with van der Waals surface area (Å²) in [7, 11) is -3.87. The van der Waals surface area contributed by atoms with Gasteiger partial charge in [0.05, 0.1) is 16.3 Å². The smallest absolute Gasteiger partial charge is 0.272 e. The third-order valence-corrected chi connectivity index (χ3v) is 5.15. The summed E-state index contributed by atoms with van der Waals surface area (Å²) in [5.41, 5.74) is 0.781. The van der Waals surface area contributed by atoms with E-state index in [9.17, 15) is 17.2 Å². The van der Waals surface area contributed by atoms with Gasteiger partial charge in [0.2, 0.25) is 5.88 Å². The van der Waals surface area contributed by atoms with Crippen molar-refractivity contribution >= 4 is 15.7 Å². The molecule has 0 saturated heterocycles. The number of aryl methyl sites for hydroxylation is 1. The molecule has 160 valence electrons. The zero-order valence-electron chi connectivity index (χ0n) is 16.3. The van der Waals surface area contributed by atoms with E-state index < -0.39 is 23.1 Å². The van der Waals surface area contributed by atoms with Gasteiger partial charge in [0.25, 0.3) is 16.4 Å². The van der Waals surface area contributed by atoms with Gasteiger partial charge in [0.15, 0.2) is 0 Å². The highest BCUT2D eigenvalue weighted by atomic mass is 32.2. The summed E-state index contributed by atoms with van der Waals surface area (Å²) in [6, 6.07) is 8.39. The largest absolute Gasteiger partial charge is 0.488 e. The Kier molecular flexibility index (Phi) is 8.59. The number of alkyl halides is 2. The number of nitrogens with zero attached hydrogens (tertiary/aromatic N) is 1. The van der Waals surface area contributed by atoms with Crippen LogP contribution in [0.1, 0.15) is 19.0 Å². The summed E-state index contributed by atoms with van der Waals surface area (Å²) in [4.78, 5) is 4.23. The van der Waals surface area contributed by atoms with E-state index in [1.165, 1.54) is 24.3 Å². The van der Waals surface area contributed by atoms with Crippen LogP contribution in [0.5, 0.6) is 11.6 Å². The minimum absolute atomic E-state index is 0.0244. The molecule has 0 aliphatic carbocycles. The molecule has 0 atom stereocenters. The van der Waals surface area contributed by atoms with Crippen LogP contribution in [0.15, 0.2) is 41.3 Å². The second-order valence-corrected chi connectivity index (χ2v) is 7.84. The number of hydrogen-bond acceptors (Lipinski definition) is 6. The first-order valence-corrected chi connectivity index (χ1v) is 10.6. The first kappa shape index (κ1) is 22.8. The maximum atomic E-state index is 12.5. The maximum Gasteiger partial charge on any atom is 0.272 e. The summed E-state index contributed by atoms with van der Waals surface area (Å²) in [5, 5.41) is 3.21. The number of benzene rings is 1. The van der Waals surface area contributed by atoms with Gasteiger partial charge in [-0.1, -0.05) is 6.92 Å². The molecule has 10 heteroatoms. The van der Waals surface area contributed by atoms with Gasteiger partial charge in [-0.25, -0.2) is 22.2 Å². The molecule has 0 bridgehead atoms. The molecule has 0 fully saturated rings. The molecule has 2 N–H and O–H groups in total. The molecule has 0 amide bonds. The summed E-state index contributed by atoms with van der Waals surface area (Å²) >= 11 is 0. The highest BCUT2D eigenvalue weighted by Gasteiger charge is 2.16. The Labute approximate surface area is 169 Å². The second-order valence-electron chi connectivity index (χ2n) is 6.16. The average molecular weight is 429 g/mol. The molecule has 1 aromatic heterocycles. The van der Waals surface area contributed by atoms with E-state index in [-0.39, 0.29) is 10.6 Å². The SMILES string of the molecule is CCCNCCOc1ccc(NS(=O)(=O)c2ccc(OCC(F)F)cc2)c(C)n1. The lowest BCUT2D eigenvalue weighted by atomic mass is 10.3. The van der Waals surface area contributed by atoms with Crippen molar-refractivity contribution in [1.29, 1.82) is 0 Å². The highest BCUT2D eigenvalue weighted by Crippen LogP contribution is 2.22. The molecule has 29 heavy (non-hydrogen) atoms. The Balaban J connectivity index is 1.98. The van der Waals surface area contributed by atoms with Gasteiger partial charge in [-0.3, -0.25) is 4.72 Å². The minimum Gasteiger partial charge on any atom is -0.488 e. The second kappa shape index (κ2) is 10.9. The topological polar surface area (TPSA) is 89.6 Å². The monoisotopic (exact) mass is 429 g/mol. The normalized spacial score (nSPS) is 11.5. The van der Waals surface area contributed by atoms with Crippen LogP contribution >= 0.6 is 0 Å². The number of sulfonamides is 1. The fraction of sp³-hybridized carbons (Fsp3) is 0.421. The number of ether oxygens (including phenoxy) is 2. The van der Waals surface area contributed by atoms with Gasteiger partial charge in [-0.2, -0.15) is 0 Å². The Bertz CT molecular complexity index is 878. The van der Waals surface area contributed by atoms with Gasteiger partial charge in [-0.05, 0) is 50.2 Å². The number of nitrogens with one attached hydrogen (secondary N) is 2. The third kappa shape index (κ3) is 7.47. The molecule has 0 aliphatic heterocycles. The van der Waals surface area contributed by atoms with Crippen LogP contribution in [0.3, 0.4) is 0 Å². The average Bonchev–Trinajstić information content (AvgIpc) is 2.68.